The van der Waals surface area contributed by atoms with Gasteiger partial charge in [-0.05, 0) is 0 Å². The topological polar surface area (TPSA) is 53.6 Å². The second-order valence-corrected chi connectivity index (χ2v) is 5.03. The Kier molecular flexibility index (Phi) is 2.57. The molecule has 0 aromatic carbocycles. The molecule has 0 fully saturated rings. The highest BCUT2D eigenvalue weighted by atomic mass is 127. The van der Waals surface area contributed by atoms with Gasteiger partial charge in [0.15, 0.2) is 0 Å². The van der Waals surface area contributed by atoms with Crippen LogP contribution in [0.3, 0.4) is 0 Å². The smallest absolute Gasteiger partial charge is 0.147 e. The van der Waals surface area contributed by atoms with Crippen LogP contribution in [0.4, 0.5) is 5.82 Å². The Bertz CT molecular complexity index is 484. The maximum Gasteiger partial charge on any atom is 0.147 e. The van der Waals surface area contributed by atoms with Gasteiger partial charge in [-0.2, -0.15) is 0 Å². The van der Waals surface area contributed by atoms with Crippen LogP contribution in [-0.2, 0) is 5.41 Å². The first kappa shape index (κ1) is 10.7. The van der Waals surface area contributed by atoms with Crippen LogP contribution in [0.2, 0.25) is 0 Å². The lowest BCUT2D eigenvalue weighted by Gasteiger charge is -2.16. The summed E-state index contributed by atoms with van der Waals surface area (Å²) in [7, 11) is 0. The first-order chi connectivity index (χ1) is 7.04. The predicted octanol–water partition coefficient (Wildman–Crippen LogP) is 3.02. The van der Waals surface area contributed by atoms with Crippen molar-refractivity contribution in [3.05, 3.63) is 18.2 Å². The number of nitrogens with one attached hydrogen (secondary N) is 2. The molecular weight excluding hydrogens is 303 g/mol. The summed E-state index contributed by atoms with van der Waals surface area (Å²) in [4.78, 5) is 11.8. The minimum Gasteiger partial charge on any atom is -0.362 e. The number of hydrogen-bond acceptors (Lipinski definition) is 3. The summed E-state index contributed by atoms with van der Waals surface area (Å²) >= 11 is 2.08. The molecule has 0 saturated heterocycles. The van der Waals surface area contributed by atoms with Gasteiger partial charge < -0.3 is 8.51 Å². The van der Waals surface area contributed by atoms with E-state index in [0.717, 1.165) is 22.4 Å². The Labute approximate surface area is 102 Å². The van der Waals surface area contributed by atoms with Gasteiger partial charge in [0, 0.05) is 17.3 Å². The van der Waals surface area contributed by atoms with Gasteiger partial charge in [-0.1, -0.05) is 20.8 Å². The number of anilines is 1. The Morgan fingerprint density at radius 1 is 1.33 bits per heavy atom. The van der Waals surface area contributed by atoms with E-state index >= 15 is 0 Å². The van der Waals surface area contributed by atoms with Crippen LogP contribution in [0.1, 0.15) is 26.5 Å². The molecule has 5 heteroatoms. The number of aromatic nitrogens is 3. The summed E-state index contributed by atoms with van der Waals surface area (Å²) < 4.78 is 3.03. The Morgan fingerprint density at radius 3 is 2.67 bits per heavy atom. The molecule has 4 nitrogen and oxygen atoms in total. The fraction of sp³-hybridized carbons (Fsp3) is 0.400. The van der Waals surface area contributed by atoms with Crippen LogP contribution in [0.25, 0.3) is 10.9 Å². The third-order valence-corrected chi connectivity index (χ3v) is 2.83. The molecule has 0 radical (unpaired) electrons. The van der Waals surface area contributed by atoms with Gasteiger partial charge in [0.1, 0.15) is 12.1 Å². The highest BCUT2D eigenvalue weighted by Crippen LogP contribution is 2.30. The molecule has 0 aliphatic carbocycles. The van der Waals surface area contributed by atoms with Crippen molar-refractivity contribution in [2.75, 3.05) is 3.53 Å². The SMILES string of the molecule is CC(C)(C)c1[nH]cc2c(NI)ncnc12. The van der Waals surface area contributed by atoms with E-state index in [1.165, 1.54) is 0 Å². The molecule has 0 unspecified atom stereocenters. The Hall–Kier alpha value is -0.850. The van der Waals surface area contributed by atoms with E-state index in [1.807, 2.05) is 6.20 Å². The fourth-order valence-electron chi connectivity index (χ4n) is 1.59. The highest BCUT2D eigenvalue weighted by molar-refractivity contribution is 14.1. The molecule has 0 saturated carbocycles. The van der Waals surface area contributed by atoms with E-state index in [0.29, 0.717) is 0 Å². The zero-order valence-electron chi connectivity index (χ0n) is 8.93. The summed E-state index contributed by atoms with van der Waals surface area (Å²) in [6, 6.07) is 0. The molecule has 2 heterocycles. The number of rotatable bonds is 1. The third kappa shape index (κ3) is 1.80. The number of hydrogen-bond donors (Lipinski definition) is 2. The lowest BCUT2D eigenvalue weighted by Crippen LogP contribution is -2.12. The molecule has 0 aliphatic rings. The lowest BCUT2D eigenvalue weighted by molar-refractivity contribution is 0.576. The molecule has 0 bridgehead atoms. The molecule has 15 heavy (non-hydrogen) atoms. The molecule has 0 atom stereocenters. The van der Waals surface area contributed by atoms with Crippen LogP contribution in [-0.4, -0.2) is 15.0 Å². The van der Waals surface area contributed by atoms with E-state index in [2.05, 4.69) is 62.1 Å². The van der Waals surface area contributed by atoms with Crippen molar-refractivity contribution in [3.63, 3.8) is 0 Å². The van der Waals surface area contributed by atoms with Crippen LogP contribution >= 0.6 is 22.9 Å². The van der Waals surface area contributed by atoms with Crippen molar-refractivity contribution >= 4 is 39.6 Å². The summed E-state index contributed by atoms with van der Waals surface area (Å²) in [6.45, 7) is 6.49. The molecular formula is C10H13IN4. The quantitative estimate of drug-likeness (QED) is 0.628. The van der Waals surface area contributed by atoms with Gasteiger partial charge in [0.05, 0.1) is 33.8 Å². The van der Waals surface area contributed by atoms with Crippen molar-refractivity contribution in [1.29, 1.82) is 0 Å². The van der Waals surface area contributed by atoms with E-state index in [4.69, 9.17) is 0 Å². The molecule has 2 rings (SSSR count). The molecule has 2 N–H and O–H groups in total. The monoisotopic (exact) mass is 316 g/mol. The first-order valence-corrected chi connectivity index (χ1v) is 5.81. The molecule has 0 spiro atoms. The maximum atomic E-state index is 4.33. The van der Waals surface area contributed by atoms with E-state index < -0.39 is 0 Å². The summed E-state index contributed by atoms with van der Waals surface area (Å²) in [5.41, 5.74) is 2.21. The van der Waals surface area contributed by atoms with Crippen LogP contribution < -0.4 is 3.53 Å². The van der Waals surface area contributed by atoms with Gasteiger partial charge in [0.25, 0.3) is 0 Å². The van der Waals surface area contributed by atoms with Crippen molar-refractivity contribution in [2.45, 2.75) is 26.2 Å². The average molecular weight is 316 g/mol. The normalized spacial score (nSPS) is 12.0. The van der Waals surface area contributed by atoms with Gasteiger partial charge in [0.2, 0.25) is 0 Å². The minimum atomic E-state index is 0.0681. The molecule has 0 amide bonds. The number of aromatic amines is 1. The van der Waals surface area contributed by atoms with Crippen molar-refractivity contribution in [1.82, 2.24) is 15.0 Å². The van der Waals surface area contributed by atoms with Gasteiger partial charge in [-0.25, -0.2) is 9.97 Å². The van der Waals surface area contributed by atoms with Crippen molar-refractivity contribution < 1.29 is 0 Å². The first-order valence-electron chi connectivity index (χ1n) is 4.73. The Morgan fingerprint density at radius 2 is 2.07 bits per heavy atom. The largest absolute Gasteiger partial charge is 0.362 e. The second kappa shape index (κ2) is 3.62. The van der Waals surface area contributed by atoms with E-state index in [1.54, 1.807) is 6.33 Å². The predicted molar refractivity (Wildman–Crippen MR) is 70.2 cm³/mol. The van der Waals surface area contributed by atoms with Gasteiger partial charge in [-0.15, -0.1) is 0 Å². The number of fused-ring (bicyclic) bond motifs is 1. The number of nitrogens with zero attached hydrogens (tertiary/aromatic N) is 2. The zero-order valence-corrected chi connectivity index (χ0v) is 11.1. The fourth-order valence-corrected chi connectivity index (χ4v) is 2.02. The summed E-state index contributed by atoms with van der Waals surface area (Å²) in [5.74, 6) is 0.854. The lowest BCUT2D eigenvalue weighted by atomic mass is 9.91. The second-order valence-electron chi connectivity index (χ2n) is 4.49. The van der Waals surface area contributed by atoms with Gasteiger partial charge in [-0.3, -0.25) is 0 Å². The van der Waals surface area contributed by atoms with Crippen molar-refractivity contribution in [2.24, 2.45) is 0 Å². The van der Waals surface area contributed by atoms with Crippen LogP contribution in [0, 0.1) is 0 Å². The van der Waals surface area contributed by atoms with Crippen LogP contribution in [0.5, 0.6) is 0 Å². The minimum absolute atomic E-state index is 0.0681. The van der Waals surface area contributed by atoms with Gasteiger partial charge >= 0.3 is 0 Å². The molecule has 0 aliphatic heterocycles. The number of halogens is 1. The zero-order chi connectivity index (χ0) is 11.1. The summed E-state index contributed by atoms with van der Waals surface area (Å²) in [6.07, 6.45) is 3.54. The Balaban J connectivity index is 2.72. The van der Waals surface area contributed by atoms with E-state index in [-0.39, 0.29) is 5.41 Å². The summed E-state index contributed by atoms with van der Waals surface area (Å²) in [5, 5.41) is 1.04. The molecule has 80 valence electrons. The van der Waals surface area contributed by atoms with E-state index in [9.17, 15) is 0 Å². The third-order valence-electron chi connectivity index (χ3n) is 2.32. The number of H-pyrrole nitrogens is 1. The highest BCUT2D eigenvalue weighted by Gasteiger charge is 2.20. The van der Waals surface area contributed by atoms with Crippen molar-refractivity contribution in [3.8, 4) is 0 Å². The average Bonchev–Trinajstić information content (AvgIpc) is 2.59. The molecule has 2 aromatic heterocycles. The molecule has 2 aromatic rings. The maximum absolute atomic E-state index is 4.33. The standard InChI is InChI=1S/C10H13IN4/c1-10(2,3)8-7-6(4-12-8)9(15-11)14-5-13-7/h4-5,12H,1-3H3,(H,13,14,15). The van der Waals surface area contributed by atoms with Crippen LogP contribution in [0.15, 0.2) is 12.5 Å².